The Hall–Kier alpha value is -1.81. The van der Waals surface area contributed by atoms with E-state index in [0.29, 0.717) is 16.9 Å². The summed E-state index contributed by atoms with van der Waals surface area (Å²) in [6.07, 6.45) is 2.28. The van der Waals surface area contributed by atoms with Gasteiger partial charge < -0.3 is 11.1 Å². The summed E-state index contributed by atoms with van der Waals surface area (Å²) in [4.78, 5) is 8.09. The number of aromatic nitrogens is 2. The van der Waals surface area contributed by atoms with Crippen LogP contribution in [0.4, 0.5) is 11.8 Å². The molecule has 20 heavy (non-hydrogen) atoms. The minimum Gasteiger partial charge on any atom is -0.368 e. The maximum absolute atomic E-state index is 5.93. The van der Waals surface area contributed by atoms with Gasteiger partial charge in [-0.1, -0.05) is 42.8 Å². The van der Waals surface area contributed by atoms with Crippen molar-refractivity contribution in [3.05, 3.63) is 46.6 Å². The van der Waals surface area contributed by atoms with Crippen molar-refractivity contribution in [2.45, 2.75) is 25.8 Å². The van der Waals surface area contributed by atoms with E-state index >= 15 is 0 Å². The quantitative estimate of drug-likeness (QED) is 0.831. The van der Waals surface area contributed by atoms with Crippen LogP contribution in [0.15, 0.2) is 30.3 Å². The standard InChI is InChI=1S/C15H17ClN4/c1-9-6-7-10-4-2-3-5-11(10)14(9)19-13-8-12(16)18-15(17)20-13/h2-5,8-9,14H,6-7H2,1H3,(H3,17,18,19,20). The van der Waals surface area contributed by atoms with Crippen molar-refractivity contribution < 1.29 is 0 Å². The van der Waals surface area contributed by atoms with Crippen LogP contribution in [-0.2, 0) is 6.42 Å². The molecule has 0 saturated carbocycles. The van der Waals surface area contributed by atoms with E-state index in [4.69, 9.17) is 17.3 Å². The highest BCUT2D eigenvalue weighted by Gasteiger charge is 2.26. The average molecular weight is 289 g/mol. The number of aryl methyl sites for hydroxylation is 1. The third-order valence-corrected chi connectivity index (χ3v) is 4.04. The van der Waals surface area contributed by atoms with Crippen LogP contribution in [0.5, 0.6) is 0 Å². The van der Waals surface area contributed by atoms with E-state index in [0.717, 1.165) is 12.8 Å². The van der Waals surface area contributed by atoms with E-state index in [-0.39, 0.29) is 12.0 Å². The first kappa shape index (κ1) is 13.2. The number of hydrogen-bond acceptors (Lipinski definition) is 4. The number of fused-ring (bicyclic) bond motifs is 1. The Morgan fingerprint density at radius 2 is 2.10 bits per heavy atom. The maximum atomic E-state index is 5.93. The molecule has 1 heterocycles. The lowest BCUT2D eigenvalue weighted by Crippen LogP contribution is -2.25. The van der Waals surface area contributed by atoms with Crippen molar-refractivity contribution in [2.24, 2.45) is 5.92 Å². The molecule has 2 aromatic rings. The Kier molecular flexibility index (Phi) is 3.49. The Morgan fingerprint density at radius 1 is 1.30 bits per heavy atom. The van der Waals surface area contributed by atoms with Gasteiger partial charge in [0.25, 0.3) is 0 Å². The highest BCUT2D eigenvalue weighted by molar-refractivity contribution is 6.29. The largest absolute Gasteiger partial charge is 0.368 e. The number of anilines is 2. The number of nitrogen functional groups attached to an aromatic ring is 1. The Balaban J connectivity index is 1.93. The highest BCUT2D eigenvalue weighted by Crippen LogP contribution is 2.36. The van der Waals surface area contributed by atoms with Crippen LogP contribution in [0.3, 0.4) is 0 Å². The minimum absolute atomic E-state index is 0.191. The molecule has 0 spiro atoms. The third kappa shape index (κ3) is 2.56. The summed E-state index contributed by atoms with van der Waals surface area (Å²) >= 11 is 5.93. The normalized spacial score (nSPS) is 21.3. The molecule has 0 saturated heterocycles. The Morgan fingerprint density at radius 3 is 2.90 bits per heavy atom. The van der Waals surface area contributed by atoms with Crippen LogP contribution in [-0.4, -0.2) is 9.97 Å². The predicted octanol–water partition coefficient (Wildman–Crippen LogP) is 3.45. The van der Waals surface area contributed by atoms with E-state index in [1.54, 1.807) is 6.07 Å². The molecule has 4 nitrogen and oxygen atoms in total. The zero-order valence-corrected chi connectivity index (χ0v) is 12.1. The summed E-state index contributed by atoms with van der Waals surface area (Å²) in [5, 5.41) is 3.81. The van der Waals surface area contributed by atoms with Crippen LogP contribution in [0.25, 0.3) is 0 Å². The second kappa shape index (κ2) is 5.29. The van der Waals surface area contributed by atoms with E-state index in [1.165, 1.54) is 11.1 Å². The molecule has 104 valence electrons. The van der Waals surface area contributed by atoms with E-state index in [9.17, 15) is 0 Å². The van der Waals surface area contributed by atoms with Crippen molar-refractivity contribution >= 4 is 23.4 Å². The number of rotatable bonds is 2. The second-order valence-electron chi connectivity index (χ2n) is 5.27. The zero-order chi connectivity index (χ0) is 14.1. The van der Waals surface area contributed by atoms with Gasteiger partial charge in [0.2, 0.25) is 5.95 Å². The van der Waals surface area contributed by atoms with Gasteiger partial charge in [0, 0.05) is 6.07 Å². The molecule has 0 amide bonds. The molecule has 0 bridgehead atoms. The lowest BCUT2D eigenvalue weighted by atomic mass is 9.81. The van der Waals surface area contributed by atoms with Gasteiger partial charge in [0.15, 0.2) is 0 Å². The molecule has 3 rings (SSSR count). The summed E-state index contributed by atoms with van der Waals surface area (Å²) in [5.74, 6) is 1.40. The molecule has 1 aliphatic rings. The Labute approximate surface area is 123 Å². The summed E-state index contributed by atoms with van der Waals surface area (Å²) in [6.45, 7) is 2.25. The van der Waals surface area contributed by atoms with Crippen molar-refractivity contribution in [3.63, 3.8) is 0 Å². The van der Waals surface area contributed by atoms with Gasteiger partial charge in [-0.05, 0) is 29.9 Å². The molecule has 3 N–H and O–H groups in total. The van der Waals surface area contributed by atoms with Crippen LogP contribution < -0.4 is 11.1 Å². The summed E-state index contributed by atoms with van der Waals surface area (Å²) < 4.78 is 0. The molecular weight excluding hydrogens is 272 g/mol. The number of hydrogen-bond donors (Lipinski definition) is 2. The molecule has 0 aliphatic heterocycles. The lowest BCUT2D eigenvalue weighted by Gasteiger charge is -2.32. The number of benzene rings is 1. The molecule has 5 heteroatoms. The first-order valence-corrected chi connectivity index (χ1v) is 7.15. The lowest BCUT2D eigenvalue weighted by molar-refractivity contribution is 0.433. The van der Waals surface area contributed by atoms with Gasteiger partial charge in [-0.2, -0.15) is 4.98 Å². The summed E-state index contributed by atoms with van der Waals surface area (Å²) in [5.41, 5.74) is 8.38. The minimum atomic E-state index is 0.191. The molecule has 0 fully saturated rings. The van der Waals surface area contributed by atoms with Gasteiger partial charge in [-0.25, -0.2) is 4.98 Å². The van der Waals surface area contributed by atoms with Crippen molar-refractivity contribution in [1.29, 1.82) is 0 Å². The average Bonchev–Trinajstić information content (AvgIpc) is 2.41. The van der Waals surface area contributed by atoms with Crippen molar-refractivity contribution in [1.82, 2.24) is 9.97 Å². The zero-order valence-electron chi connectivity index (χ0n) is 11.3. The molecule has 0 radical (unpaired) electrons. The third-order valence-electron chi connectivity index (χ3n) is 3.84. The number of nitrogens with one attached hydrogen (secondary N) is 1. The van der Waals surface area contributed by atoms with Crippen molar-refractivity contribution in [3.8, 4) is 0 Å². The monoisotopic (exact) mass is 288 g/mol. The number of nitrogens with two attached hydrogens (primary N) is 1. The molecule has 1 aromatic heterocycles. The fourth-order valence-electron chi connectivity index (χ4n) is 2.81. The first-order chi connectivity index (χ1) is 9.63. The summed E-state index contributed by atoms with van der Waals surface area (Å²) in [6, 6.07) is 10.5. The van der Waals surface area contributed by atoms with Crippen LogP contribution in [0.2, 0.25) is 5.15 Å². The van der Waals surface area contributed by atoms with Crippen LogP contribution in [0.1, 0.15) is 30.5 Å². The van der Waals surface area contributed by atoms with Crippen molar-refractivity contribution in [2.75, 3.05) is 11.1 Å². The number of halogens is 1. The van der Waals surface area contributed by atoms with Gasteiger partial charge in [0.1, 0.15) is 11.0 Å². The molecule has 2 atom stereocenters. The van der Waals surface area contributed by atoms with E-state index < -0.39 is 0 Å². The molecular formula is C15H17ClN4. The molecule has 1 aromatic carbocycles. The Bertz CT molecular complexity index is 609. The topological polar surface area (TPSA) is 63.8 Å². The fraction of sp³-hybridized carbons (Fsp3) is 0.333. The van der Waals surface area contributed by atoms with Gasteiger partial charge in [-0.15, -0.1) is 0 Å². The van der Waals surface area contributed by atoms with Gasteiger partial charge in [0.05, 0.1) is 6.04 Å². The SMILES string of the molecule is CC1CCc2ccccc2C1Nc1cc(Cl)nc(N)n1. The number of nitrogens with zero attached hydrogens (tertiary/aromatic N) is 2. The fourth-order valence-corrected chi connectivity index (χ4v) is 3.00. The van der Waals surface area contributed by atoms with E-state index in [2.05, 4.69) is 46.5 Å². The second-order valence-corrected chi connectivity index (χ2v) is 5.66. The van der Waals surface area contributed by atoms with Gasteiger partial charge in [-0.3, -0.25) is 0 Å². The summed E-state index contributed by atoms with van der Waals surface area (Å²) in [7, 11) is 0. The van der Waals surface area contributed by atoms with Gasteiger partial charge >= 0.3 is 0 Å². The molecule has 1 aliphatic carbocycles. The maximum Gasteiger partial charge on any atom is 0.223 e. The highest BCUT2D eigenvalue weighted by atomic mass is 35.5. The van der Waals surface area contributed by atoms with Crippen LogP contribution >= 0.6 is 11.6 Å². The predicted molar refractivity (Wildman–Crippen MR) is 81.7 cm³/mol. The van der Waals surface area contributed by atoms with Crippen LogP contribution in [0, 0.1) is 5.92 Å². The molecule has 2 unspecified atom stereocenters. The first-order valence-electron chi connectivity index (χ1n) is 6.78. The smallest absolute Gasteiger partial charge is 0.223 e. The van der Waals surface area contributed by atoms with E-state index in [1.807, 2.05) is 0 Å².